The van der Waals surface area contributed by atoms with Crippen LogP contribution in [0, 0.1) is 11.6 Å². The van der Waals surface area contributed by atoms with Gasteiger partial charge in [0.25, 0.3) is 5.91 Å². The largest absolute Gasteiger partial charge is 0.502 e. The summed E-state index contributed by atoms with van der Waals surface area (Å²) in [6, 6.07) is 9.09. The molecule has 3 aromatic rings. The quantitative estimate of drug-likeness (QED) is 0.463. The summed E-state index contributed by atoms with van der Waals surface area (Å²) in [5, 5.41) is 12.4. The normalized spacial score (nSPS) is 19.6. The summed E-state index contributed by atoms with van der Waals surface area (Å²) >= 11 is 1.39. The molecule has 36 heavy (non-hydrogen) atoms. The van der Waals surface area contributed by atoms with Crippen LogP contribution in [0.4, 0.5) is 8.78 Å². The van der Waals surface area contributed by atoms with Gasteiger partial charge in [0.15, 0.2) is 23.1 Å². The molecule has 10 heteroatoms. The molecule has 6 rings (SSSR count). The molecular formula is C26H21F2N3O4S. The van der Waals surface area contributed by atoms with E-state index in [9.17, 15) is 19.1 Å². The molecular weight excluding hydrogens is 488 g/mol. The van der Waals surface area contributed by atoms with Crippen molar-refractivity contribution < 1.29 is 23.4 Å². The van der Waals surface area contributed by atoms with Gasteiger partial charge in [0.2, 0.25) is 5.43 Å². The fraction of sp³-hybridized carbons (Fsp3) is 0.231. The maximum Gasteiger partial charge on any atom is 0.277 e. The second-order valence-corrected chi connectivity index (χ2v) is 9.75. The molecule has 1 aromatic heterocycles. The molecule has 0 spiro atoms. The summed E-state index contributed by atoms with van der Waals surface area (Å²) < 4.78 is 37.5. The van der Waals surface area contributed by atoms with Gasteiger partial charge < -0.3 is 14.7 Å². The number of pyridine rings is 1. The minimum Gasteiger partial charge on any atom is -0.502 e. The maximum absolute atomic E-state index is 15.3. The number of nitrogens with zero attached hydrogens (tertiary/aromatic N) is 3. The number of amides is 1. The highest BCUT2D eigenvalue weighted by atomic mass is 32.2. The fourth-order valence-corrected chi connectivity index (χ4v) is 6.10. The summed E-state index contributed by atoms with van der Waals surface area (Å²) in [7, 11) is 0. The van der Waals surface area contributed by atoms with Crippen molar-refractivity contribution in [3.05, 3.63) is 99.0 Å². The molecule has 7 nitrogen and oxygen atoms in total. The molecule has 4 heterocycles. The highest BCUT2D eigenvalue weighted by molar-refractivity contribution is 7.98. The number of carbonyl (C=O) groups is 1. The molecule has 3 aliphatic heterocycles. The number of benzene rings is 2. The lowest BCUT2D eigenvalue weighted by Gasteiger charge is -2.44. The van der Waals surface area contributed by atoms with E-state index in [1.807, 2.05) is 30.3 Å². The molecule has 0 saturated carbocycles. The number of ether oxygens (including phenoxy) is 1. The number of thioether (sulfide) groups is 1. The topological polar surface area (TPSA) is 75.0 Å². The van der Waals surface area contributed by atoms with E-state index in [1.54, 1.807) is 16.0 Å². The zero-order valence-corrected chi connectivity index (χ0v) is 19.8. The van der Waals surface area contributed by atoms with E-state index in [-0.39, 0.29) is 36.0 Å². The molecule has 1 amide bonds. The first-order valence-corrected chi connectivity index (χ1v) is 12.5. The molecule has 0 radical (unpaired) electrons. The molecule has 0 aliphatic carbocycles. The number of aromatic nitrogens is 1. The Hall–Kier alpha value is -3.79. The summed E-state index contributed by atoms with van der Waals surface area (Å²) in [6.45, 7) is 0.565. The third kappa shape index (κ3) is 3.47. The van der Waals surface area contributed by atoms with E-state index in [0.717, 1.165) is 16.5 Å². The maximum atomic E-state index is 15.3. The Kier molecular flexibility index (Phi) is 5.48. The van der Waals surface area contributed by atoms with Crippen LogP contribution in [0.25, 0.3) is 0 Å². The molecule has 2 aromatic carbocycles. The van der Waals surface area contributed by atoms with Crippen molar-refractivity contribution in [1.29, 1.82) is 0 Å². The third-order valence-corrected chi connectivity index (χ3v) is 7.80. The average Bonchev–Trinajstić information content (AvgIpc) is 3.04. The minimum absolute atomic E-state index is 0.0868. The summed E-state index contributed by atoms with van der Waals surface area (Å²) in [6.07, 6.45) is 5.55. The van der Waals surface area contributed by atoms with E-state index >= 15 is 4.39 Å². The van der Waals surface area contributed by atoms with Crippen molar-refractivity contribution in [2.75, 3.05) is 24.8 Å². The van der Waals surface area contributed by atoms with Crippen LogP contribution in [0.15, 0.2) is 64.4 Å². The third-order valence-electron chi connectivity index (χ3n) is 6.68. The minimum atomic E-state index is -0.998. The summed E-state index contributed by atoms with van der Waals surface area (Å²) in [4.78, 5) is 28.1. The van der Waals surface area contributed by atoms with Crippen LogP contribution < -0.4 is 15.2 Å². The van der Waals surface area contributed by atoms with Crippen molar-refractivity contribution in [3.8, 4) is 11.5 Å². The van der Waals surface area contributed by atoms with Gasteiger partial charge in [0.1, 0.15) is 25.1 Å². The second kappa shape index (κ2) is 8.70. The predicted octanol–water partition coefficient (Wildman–Crippen LogP) is 3.92. The van der Waals surface area contributed by atoms with E-state index < -0.39 is 34.8 Å². The average molecular weight is 510 g/mol. The number of carbonyl (C=O) groups excluding carboxylic acids is 1. The number of fused-ring (bicyclic) bond motifs is 7. The second-order valence-electron chi connectivity index (χ2n) is 8.73. The van der Waals surface area contributed by atoms with Crippen LogP contribution in [-0.2, 0) is 5.75 Å². The number of rotatable bonds is 0. The zero-order valence-electron chi connectivity index (χ0n) is 19.0. The molecule has 0 saturated heterocycles. The Balaban J connectivity index is 1.70. The molecule has 0 unspecified atom stereocenters. The van der Waals surface area contributed by atoms with Crippen molar-refractivity contribution in [3.63, 3.8) is 0 Å². The highest BCUT2D eigenvalue weighted by Crippen LogP contribution is 2.47. The van der Waals surface area contributed by atoms with Crippen LogP contribution in [0.5, 0.6) is 11.5 Å². The Labute approximate surface area is 209 Å². The van der Waals surface area contributed by atoms with Crippen LogP contribution in [0.3, 0.4) is 0 Å². The standard InChI is InChI=1S/C26H21F2N3O4S/c27-17-12-19-21-16(22(17)28)13-36-20-7-3-2-6-15(20)23(21)31-14-29(9-4-1-5-11-35-19)26(34)24-25(33)18(32)8-10-30(24)31/h1-3,5-8,10,12,23,33H,4,9,11,13-14H2/b5-1-/t23-/m0/s1. The summed E-state index contributed by atoms with van der Waals surface area (Å²) in [5.74, 6) is -2.70. The van der Waals surface area contributed by atoms with Crippen LogP contribution in [-0.4, -0.2) is 40.4 Å². The molecule has 0 fully saturated rings. The first-order valence-electron chi connectivity index (χ1n) is 11.5. The number of aromatic hydroxyl groups is 1. The first kappa shape index (κ1) is 22.7. The van der Waals surface area contributed by atoms with Crippen molar-refractivity contribution in [2.24, 2.45) is 0 Å². The smallest absolute Gasteiger partial charge is 0.277 e. The first-order chi connectivity index (χ1) is 17.5. The van der Waals surface area contributed by atoms with Gasteiger partial charge in [-0.25, -0.2) is 8.78 Å². The highest BCUT2D eigenvalue weighted by Gasteiger charge is 2.40. The molecule has 184 valence electrons. The lowest BCUT2D eigenvalue weighted by Crippen LogP contribution is -2.55. The van der Waals surface area contributed by atoms with Gasteiger partial charge in [-0.2, -0.15) is 0 Å². The van der Waals surface area contributed by atoms with E-state index in [0.29, 0.717) is 18.5 Å². The number of hydrogen-bond acceptors (Lipinski definition) is 6. The number of halogens is 2. The monoisotopic (exact) mass is 509 g/mol. The van der Waals surface area contributed by atoms with Gasteiger partial charge in [-0.3, -0.25) is 19.3 Å². The molecule has 3 aliphatic rings. The molecule has 1 atom stereocenters. The number of hydrogen-bond donors (Lipinski definition) is 1. The van der Waals surface area contributed by atoms with Gasteiger partial charge in [-0.1, -0.05) is 30.4 Å². The van der Waals surface area contributed by atoms with E-state index in [2.05, 4.69) is 0 Å². The van der Waals surface area contributed by atoms with Gasteiger partial charge in [0, 0.05) is 46.6 Å². The van der Waals surface area contributed by atoms with E-state index in [4.69, 9.17) is 4.74 Å². The zero-order chi connectivity index (χ0) is 25.0. The Morgan fingerprint density at radius 3 is 2.81 bits per heavy atom. The lowest BCUT2D eigenvalue weighted by molar-refractivity contribution is 0.0682. The lowest BCUT2D eigenvalue weighted by atomic mass is 9.92. The fourth-order valence-electron chi connectivity index (χ4n) is 5.00. The van der Waals surface area contributed by atoms with Crippen LogP contribution in [0.2, 0.25) is 0 Å². The summed E-state index contributed by atoms with van der Waals surface area (Å²) in [5.41, 5.74) is 0.581. The van der Waals surface area contributed by atoms with Crippen molar-refractivity contribution in [1.82, 2.24) is 9.58 Å². The van der Waals surface area contributed by atoms with Gasteiger partial charge in [-0.15, -0.1) is 11.8 Å². The van der Waals surface area contributed by atoms with Gasteiger partial charge in [-0.05, 0) is 18.1 Å². The Bertz CT molecular complexity index is 1490. The van der Waals surface area contributed by atoms with Crippen LogP contribution in [0.1, 0.15) is 39.6 Å². The van der Waals surface area contributed by atoms with Crippen molar-refractivity contribution in [2.45, 2.75) is 23.1 Å². The van der Waals surface area contributed by atoms with Gasteiger partial charge in [0.05, 0.1) is 0 Å². The van der Waals surface area contributed by atoms with Crippen LogP contribution >= 0.6 is 11.8 Å². The van der Waals surface area contributed by atoms with Crippen molar-refractivity contribution >= 4 is 17.7 Å². The predicted molar refractivity (Wildman–Crippen MR) is 130 cm³/mol. The van der Waals surface area contributed by atoms with Gasteiger partial charge >= 0.3 is 0 Å². The molecule has 1 N–H and O–H groups in total. The SMILES string of the molecule is O=C1c2c(O)c(=O)ccn2N2CN1CC/C=C\COc1cc(F)c(F)c3c1[C@@H]2c1ccccc1SC3. The Morgan fingerprint density at radius 1 is 1.11 bits per heavy atom. The van der Waals surface area contributed by atoms with E-state index in [1.165, 1.54) is 28.7 Å². The Morgan fingerprint density at radius 2 is 1.94 bits per heavy atom. The molecule has 2 bridgehead atoms.